The number of aliphatic carboxylic acids is 1. The van der Waals surface area contributed by atoms with E-state index in [1.54, 1.807) is 0 Å². The van der Waals surface area contributed by atoms with E-state index < -0.39 is 63.2 Å². The van der Waals surface area contributed by atoms with Crippen LogP contribution in [-0.2, 0) is 26.2 Å². The van der Waals surface area contributed by atoms with Gasteiger partial charge in [0.2, 0.25) is 5.96 Å². The molecule has 39 heavy (non-hydrogen) atoms. The molecule has 0 fully saturated rings. The van der Waals surface area contributed by atoms with E-state index in [-0.39, 0.29) is 28.7 Å². The molecule has 0 aliphatic rings. The number of carboxylic acids is 1. The van der Waals surface area contributed by atoms with Crippen molar-refractivity contribution < 1.29 is 41.0 Å². The van der Waals surface area contributed by atoms with Crippen molar-refractivity contribution in [3.8, 4) is 5.75 Å². The standard InChI is InChI=1S/C22H24Cl2F3N5O6S/c1-12(33)21(30,19(34)35)5-2-6-32(20(28)29)39(36,37)18-4-3-16(38-22(25,26)27)10-17(18)31-11-13-7-14(23)9-15(24)8-13/h3-4,7-10,31H,2,5-6,11,30H2,1H3,(H3,28,29)(H,34,35). The lowest BCUT2D eigenvalue weighted by atomic mass is 9.90. The van der Waals surface area contributed by atoms with Crippen molar-refractivity contribution in [1.29, 1.82) is 5.41 Å². The number of Topliss-reactive ketones (excluding diaryl/α,β-unsaturated/α-hetero) is 1. The summed E-state index contributed by atoms with van der Waals surface area (Å²) in [5.41, 5.74) is 8.93. The molecule has 7 N–H and O–H groups in total. The minimum absolute atomic E-state index is 0.134. The van der Waals surface area contributed by atoms with Crippen molar-refractivity contribution in [3.63, 3.8) is 0 Å². The Balaban J connectivity index is 2.45. The van der Waals surface area contributed by atoms with Gasteiger partial charge >= 0.3 is 12.3 Å². The number of benzene rings is 2. The molecule has 0 bridgehead atoms. The minimum atomic E-state index is -5.07. The number of hydrogen-bond acceptors (Lipinski definition) is 8. The first-order valence-electron chi connectivity index (χ1n) is 10.9. The summed E-state index contributed by atoms with van der Waals surface area (Å²) in [4.78, 5) is 22.6. The Labute approximate surface area is 231 Å². The number of carbonyl (C=O) groups excluding carboxylic acids is 1. The second-order valence-electron chi connectivity index (χ2n) is 8.24. The van der Waals surface area contributed by atoms with E-state index in [0.29, 0.717) is 9.87 Å². The molecule has 0 heterocycles. The van der Waals surface area contributed by atoms with Crippen LogP contribution in [0.3, 0.4) is 0 Å². The van der Waals surface area contributed by atoms with Crippen LogP contribution in [-0.4, -0.2) is 54.0 Å². The van der Waals surface area contributed by atoms with Gasteiger partial charge in [-0.2, -0.15) is 0 Å². The Morgan fingerprint density at radius 1 is 1.15 bits per heavy atom. The zero-order valence-corrected chi connectivity index (χ0v) is 22.5. The topological polar surface area (TPSA) is 189 Å². The number of guanidine groups is 1. The van der Waals surface area contributed by atoms with Crippen LogP contribution < -0.4 is 21.5 Å². The van der Waals surface area contributed by atoms with Gasteiger partial charge in [-0.05, 0) is 55.7 Å². The number of alkyl halides is 3. The van der Waals surface area contributed by atoms with Crippen LogP contribution in [0.25, 0.3) is 0 Å². The fourth-order valence-corrected chi connectivity index (χ4v) is 5.49. The van der Waals surface area contributed by atoms with Gasteiger partial charge in [0.25, 0.3) is 10.0 Å². The van der Waals surface area contributed by atoms with E-state index >= 15 is 0 Å². The number of carbonyl (C=O) groups is 2. The summed E-state index contributed by atoms with van der Waals surface area (Å²) in [7, 11) is -4.71. The van der Waals surface area contributed by atoms with Gasteiger partial charge in [-0.15, -0.1) is 13.2 Å². The number of nitrogens with zero attached hydrogens (tertiary/aromatic N) is 1. The molecule has 0 radical (unpaired) electrons. The SMILES string of the molecule is CC(=O)C(N)(CCCN(C(=N)N)S(=O)(=O)c1ccc(OC(F)(F)F)cc1NCc1cc(Cl)cc(Cl)c1)C(=O)O. The van der Waals surface area contributed by atoms with Gasteiger partial charge in [0.1, 0.15) is 10.6 Å². The van der Waals surface area contributed by atoms with Crippen molar-refractivity contribution in [1.82, 2.24) is 4.31 Å². The van der Waals surface area contributed by atoms with Crippen molar-refractivity contribution in [2.24, 2.45) is 11.5 Å². The van der Waals surface area contributed by atoms with Gasteiger partial charge in [0.05, 0.1) is 5.69 Å². The largest absolute Gasteiger partial charge is 0.573 e. The highest BCUT2D eigenvalue weighted by Crippen LogP contribution is 2.33. The molecule has 2 aromatic rings. The van der Waals surface area contributed by atoms with Gasteiger partial charge < -0.3 is 26.6 Å². The predicted molar refractivity (Wildman–Crippen MR) is 137 cm³/mol. The number of ketones is 1. The van der Waals surface area contributed by atoms with Crippen LogP contribution in [0.5, 0.6) is 5.75 Å². The van der Waals surface area contributed by atoms with E-state index in [9.17, 15) is 36.3 Å². The number of rotatable bonds is 12. The highest BCUT2D eigenvalue weighted by molar-refractivity contribution is 7.89. The third-order valence-electron chi connectivity index (χ3n) is 5.37. The first-order valence-corrected chi connectivity index (χ1v) is 13.0. The first kappa shape index (κ1) is 31.9. The molecule has 17 heteroatoms. The summed E-state index contributed by atoms with van der Waals surface area (Å²) in [6.07, 6.45) is -5.87. The van der Waals surface area contributed by atoms with Gasteiger partial charge in [-0.1, -0.05) is 23.2 Å². The molecule has 0 aliphatic heterocycles. The average Bonchev–Trinajstić information content (AvgIpc) is 2.77. The van der Waals surface area contributed by atoms with Crippen LogP contribution in [0.15, 0.2) is 41.3 Å². The highest BCUT2D eigenvalue weighted by atomic mass is 35.5. The maximum absolute atomic E-state index is 13.5. The number of ether oxygens (including phenoxy) is 1. The van der Waals surface area contributed by atoms with Gasteiger partial charge in [-0.3, -0.25) is 10.2 Å². The van der Waals surface area contributed by atoms with E-state index in [1.807, 2.05) is 0 Å². The Morgan fingerprint density at radius 3 is 2.23 bits per heavy atom. The van der Waals surface area contributed by atoms with Crippen LogP contribution in [0.1, 0.15) is 25.3 Å². The van der Waals surface area contributed by atoms with Crippen molar-refractivity contribution >= 4 is 56.6 Å². The van der Waals surface area contributed by atoms with E-state index in [2.05, 4.69) is 10.1 Å². The average molecular weight is 614 g/mol. The third kappa shape index (κ3) is 8.36. The quantitative estimate of drug-likeness (QED) is 0.135. The number of nitrogens with two attached hydrogens (primary N) is 2. The fourth-order valence-electron chi connectivity index (χ4n) is 3.40. The highest BCUT2D eigenvalue weighted by Gasteiger charge is 2.39. The van der Waals surface area contributed by atoms with Crippen molar-refractivity contribution in [3.05, 3.63) is 52.0 Å². The Morgan fingerprint density at radius 2 is 1.74 bits per heavy atom. The monoisotopic (exact) mass is 613 g/mol. The second-order valence-corrected chi connectivity index (χ2v) is 10.9. The Bertz CT molecular complexity index is 1340. The van der Waals surface area contributed by atoms with Crippen molar-refractivity contribution in [2.45, 2.75) is 43.1 Å². The zero-order chi connectivity index (χ0) is 29.8. The number of carboxylic acid groups (broad SMARTS) is 1. The molecule has 214 valence electrons. The summed E-state index contributed by atoms with van der Waals surface area (Å²) < 4.78 is 69.7. The summed E-state index contributed by atoms with van der Waals surface area (Å²) >= 11 is 11.9. The molecule has 2 rings (SSSR count). The molecule has 0 saturated heterocycles. The van der Waals surface area contributed by atoms with Gasteiger partial charge in [-0.25, -0.2) is 17.5 Å². The smallest absolute Gasteiger partial charge is 0.480 e. The van der Waals surface area contributed by atoms with Gasteiger partial charge in [0, 0.05) is 29.2 Å². The Hall–Kier alpha value is -3.27. The summed E-state index contributed by atoms with van der Waals surface area (Å²) in [5, 5.41) is 20.3. The van der Waals surface area contributed by atoms with E-state index in [4.69, 9.17) is 40.1 Å². The summed E-state index contributed by atoms with van der Waals surface area (Å²) in [5.74, 6) is -4.21. The first-order chi connectivity index (χ1) is 17.9. The number of anilines is 1. The molecule has 1 atom stereocenters. The lowest BCUT2D eigenvalue weighted by Crippen LogP contribution is -2.54. The molecule has 0 aliphatic carbocycles. The van der Waals surface area contributed by atoms with Crippen molar-refractivity contribution in [2.75, 3.05) is 11.9 Å². The van der Waals surface area contributed by atoms with E-state index in [1.165, 1.54) is 18.2 Å². The molecular formula is C22H24Cl2F3N5O6S. The maximum atomic E-state index is 13.5. The fraction of sp³-hybridized carbons (Fsp3) is 0.318. The lowest BCUT2D eigenvalue weighted by molar-refractivity contribution is -0.274. The third-order valence-corrected chi connectivity index (χ3v) is 7.68. The Kier molecular flexibility index (Phi) is 10.1. The lowest BCUT2D eigenvalue weighted by Gasteiger charge is -2.26. The molecule has 1 unspecified atom stereocenters. The normalized spacial score (nSPS) is 13.3. The van der Waals surface area contributed by atoms with Gasteiger partial charge in [0.15, 0.2) is 11.3 Å². The van der Waals surface area contributed by atoms with Crippen LogP contribution in [0, 0.1) is 5.41 Å². The molecule has 0 amide bonds. The number of hydrogen-bond donors (Lipinski definition) is 5. The number of nitrogens with one attached hydrogen (secondary N) is 2. The molecule has 0 saturated carbocycles. The van der Waals surface area contributed by atoms with Crippen LogP contribution in [0.2, 0.25) is 10.0 Å². The summed E-state index contributed by atoms with van der Waals surface area (Å²) in [6, 6.07) is 6.78. The number of sulfonamides is 1. The number of halogens is 5. The second kappa shape index (κ2) is 12.3. The molecule has 0 spiro atoms. The van der Waals surface area contributed by atoms with Crippen LogP contribution in [0.4, 0.5) is 18.9 Å². The van der Waals surface area contributed by atoms with Crippen LogP contribution >= 0.6 is 23.2 Å². The molecule has 0 aromatic heterocycles. The molecule has 2 aromatic carbocycles. The summed E-state index contributed by atoms with van der Waals surface area (Å²) in [6.45, 7) is 0.260. The predicted octanol–water partition coefficient (Wildman–Crippen LogP) is 3.54. The molecule has 11 nitrogen and oxygen atoms in total. The zero-order valence-electron chi connectivity index (χ0n) is 20.2. The van der Waals surface area contributed by atoms with E-state index in [0.717, 1.165) is 25.1 Å². The minimum Gasteiger partial charge on any atom is -0.480 e. The molecular weight excluding hydrogens is 590 g/mol. The maximum Gasteiger partial charge on any atom is 0.573 e.